The number of carbonyl (C=O) groups is 2. The summed E-state index contributed by atoms with van der Waals surface area (Å²) in [6.07, 6.45) is 5.25. The first-order chi connectivity index (χ1) is 10.8. The minimum absolute atomic E-state index is 0.0509. The van der Waals surface area contributed by atoms with Gasteiger partial charge in [0.1, 0.15) is 11.5 Å². The number of aromatic amines is 2. The Kier molecular flexibility index (Phi) is 4.97. The number of hydrogen-bond donors (Lipinski definition) is 3. The van der Waals surface area contributed by atoms with Crippen LogP contribution >= 0.6 is 0 Å². The Morgan fingerprint density at radius 2 is 1.91 bits per heavy atom. The normalized spacial score (nSPS) is 22.1. The van der Waals surface area contributed by atoms with Crippen LogP contribution in [-0.2, 0) is 14.3 Å². The molecule has 0 aromatic carbocycles. The molecule has 1 aromatic rings. The van der Waals surface area contributed by atoms with Crippen molar-refractivity contribution in [3.05, 3.63) is 32.9 Å². The lowest BCUT2D eigenvalue weighted by molar-refractivity contribution is -0.157. The van der Waals surface area contributed by atoms with Gasteiger partial charge in [0.05, 0.1) is 6.42 Å². The van der Waals surface area contributed by atoms with E-state index in [1.54, 1.807) is 4.98 Å². The van der Waals surface area contributed by atoms with Crippen molar-refractivity contribution >= 4 is 11.9 Å². The number of ether oxygens (including phenoxy) is 1. The molecule has 3 rings (SSSR count). The van der Waals surface area contributed by atoms with Crippen LogP contribution in [0.5, 0.6) is 0 Å². The van der Waals surface area contributed by atoms with Crippen molar-refractivity contribution in [3.8, 4) is 0 Å². The number of aromatic nitrogens is 2. The van der Waals surface area contributed by atoms with Crippen LogP contribution in [0.2, 0.25) is 0 Å². The van der Waals surface area contributed by atoms with Gasteiger partial charge in [-0.15, -0.1) is 0 Å². The summed E-state index contributed by atoms with van der Waals surface area (Å²) < 4.78 is 17.2. The monoisotopic (exact) mass is 328 g/mol. The van der Waals surface area contributed by atoms with E-state index >= 15 is 0 Å². The van der Waals surface area contributed by atoms with E-state index in [1.165, 1.54) is 0 Å². The molecule has 1 aromatic heterocycles. The van der Waals surface area contributed by atoms with Crippen molar-refractivity contribution < 1.29 is 23.8 Å². The minimum atomic E-state index is -1.00. The number of aliphatic carboxylic acids is 1. The van der Waals surface area contributed by atoms with E-state index in [2.05, 4.69) is 0 Å². The second-order valence-electron chi connectivity index (χ2n) is 5.61. The fraction of sp³-hybridized carbons (Fsp3) is 0.571. The standard InChI is InChI=1S/C10H14O4.C4H3FN2O2/c11-8-6-7(9(12)13)10(14-8)4-2-1-3-5-10;5-2-1-6-4(9)7-3(2)8/h7H,1-6H2,(H,12,13);1H,(H2,6,7,8,9). The molecule has 1 aliphatic carbocycles. The second kappa shape index (κ2) is 6.76. The Morgan fingerprint density at radius 1 is 1.26 bits per heavy atom. The lowest BCUT2D eigenvalue weighted by atomic mass is 9.76. The van der Waals surface area contributed by atoms with Gasteiger partial charge >= 0.3 is 17.6 Å². The quantitative estimate of drug-likeness (QED) is 0.645. The van der Waals surface area contributed by atoms with Gasteiger partial charge in [-0.1, -0.05) is 6.42 Å². The molecule has 1 saturated heterocycles. The van der Waals surface area contributed by atoms with Gasteiger partial charge in [-0.3, -0.25) is 19.4 Å². The number of nitrogens with one attached hydrogen (secondary N) is 2. The maximum Gasteiger partial charge on any atom is 0.325 e. The van der Waals surface area contributed by atoms with Gasteiger partial charge in [0.2, 0.25) is 5.82 Å². The van der Waals surface area contributed by atoms with Gasteiger partial charge in [-0.2, -0.15) is 4.39 Å². The molecule has 2 heterocycles. The third-order valence-electron chi connectivity index (χ3n) is 4.09. The number of rotatable bonds is 1. The molecule has 1 aliphatic heterocycles. The van der Waals surface area contributed by atoms with Gasteiger partial charge < -0.3 is 14.8 Å². The molecule has 3 N–H and O–H groups in total. The number of hydrogen-bond acceptors (Lipinski definition) is 5. The van der Waals surface area contributed by atoms with E-state index in [4.69, 9.17) is 9.84 Å². The molecule has 0 radical (unpaired) electrons. The highest BCUT2D eigenvalue weighted by molar-refractivity contribution is 5.83. The average Bonchev–Trinajstić information content (AvgIpc) is 2.81. The van der Waals surface area contributed by atoms with Crippen LogP contribution in [0.3, 0.4) is 0 Å². The highest BCUT2D eigenvalue weighted by Gasteiger charge is 2.53. The summed E-state index contributed by atoms with van der Waals surface area (Å²) in [5.74, 6) is -2.85. The molecule has 8 nitrogen and oxygen atoms in total. The number of carbonyl (C=O) groups excluding carboxylic acids is 1. The first kappa shape index (κ1) is 16.9. The maximum absolute atomic E-state index is 12.0. The van der Waals surface area contributed by atoms with Crippen LogP contribution in [0.1, 0.15) is 38.5 Å². The van der Waals surface area contributed by atoms with Crippen LogP contribution in [0, 0.1) is 11.7 Å². The summed E-state index contributed by atoms with van der Waals surface area (Å²) in [5, 5.41) is 9.02. The molecule has 2 aliphatic rings. The van der Waals surface area contributed by atoms with Crippen molar-refractivity contribution in [1.82, 2.24) is 9.97 Å². The topological polar surface area (TPSA) is 129 Å². The first-order valence-electron chi connectivity index (χ1n) is 7.26. The number of H-pyrrole nitrogens is 2. The fourth-order valence-corrected chi connectivity index (χ4v) is 3.00. The van der Waals surface area contributed by atoms with Crippen LogP contribution in [0.25, 0.3) is 0 Å². The Balaban J connectivity index is 0.000000185. The van der Waals surface area contributed by atoms with Gasteiger partial charge in [0, 0.05) is 6.20 Å². The van der Waals surface area contributed by atoms with Gasteiger partial charge in [-0.05, 0) is 25.7 Å². The van der Waals surface area contributed by atoms with E-state index in [9.17, 15) is 23.6 Å². The third-order valence-corrected chi connectivity index (χ3v) is 4.09. The zero-order valence-corrected chi connectivity index (χ0v) is 12.3. The van der Waals surface area contributed by atoms with E-state index in [1.807, 2.05) is 4.98 Å². The summed E-state index contributed by atoms with van der Waals surface area (Å²) in [5.41, 5.74) is -2.37. The van der Waals surface area contributed by atoms with Gasteiger partial charge in [0.15, 0.2) is 0 Å². The predicted molar refractivity (Wildman–Crippen MR) is 75.3 cm³/mol. The van der Waals surface area contributed by atoms with E-state index < -0.39 is 34.6 Å². The fourth-order valence-electron chi connectivity index (χ4n) is 3.00. The summed E-state index contributed by atoms with van der Waals surface area (Å²) in [6.45, 7) is 0. The van der Waals surface area contributed by atoms with Gasteiger partial charge in [-0.25, -0.2) is 4.79 Å². The minimum Gasteiger partial charge on any atom is -0.481 e. The van der Waals surface area contributed by atoms with Crippen molar-refractivity contribution in [1.29, 1.82) is 0 Å². The Morgan fingerprint density at radius 3 is 2.43 bits per heavy atom. The second-order valence-corrected chi connectivity index (χ2v) is 5.61. The van der Waals surface area contributed by atoms with E-state index in [0.29, 0.717) is 6.20 Å². The molecule has 23 heavy (non-hydrogen) atoms. The smallest absolute Gasteiger partial charge is 0.325 e. The summed E-state index contributed by atoms with van der Waals surface area (Å²) >= 11 is 0. The number of halogens is 1. The molecular weight excluding hydrogens is 311 g/mol. The van der Waals surface area contributed by atoms with Gasteiger partial charge in [0.25, 0.3) is 5.56 Å². The molecule has 126 valence electrons. The number of esters is 1. The third kappa shape index (κ3) is 3.85. The molecular formula is C14H17FN2O6. The zero-order chi connectivity index (χ0) is 17.0. The first-order valence-corrected chi connectivity index (χ1v) is 7.26. The zero-order valence-electron chi connectivity index (χ0n) is 12.3. The lowest BCUT2D eigenvalue weighted by Crippen LogP contribution is -2.41. The summed E-state index contributed by atoms with van der Waals surface area (Å²) in [6, 6.07) is 0. The van der Waals surface area contributed by atoms with Crippen molar-refractivity contribution in [2.75, 3.05) is 0 Å². The lowest BCUT2D eigenvalue weighted by Gasteiger charge is -2.34. The van der Waals surface area contributed by atoms with Crippen LogP contribution in [-0.4, -0.2) is 32.6 Å². The predicted octanol–water partition coefficient (Wildman–Crippen LogP) is 0.539. The average molecular weight is 328 g/mol. The molecule has 9 heteroatoms. The van der Waals surface area contributed by atoms with Crippen LogP contribution < -0.4 is 11.2 Å². The maximum atomic E-state index is 12.0. The van der Waals surface area contributed by atoms with Crippen molar-refractivity contribution in [3.63, 3.8) is 0 Å². The Labute approximate surface area is 129 Å². The Hall–Kier alpha value is -2.45. The van der Waals surface area contributed by atoms with Crippen LogP contribution in [0.4, 0.5) is 4.39 Å². The summed E-state index contributed by atoms with van der Waals surface area (Å²) in [7, 11) is 0. The molecule has 0 bridgehead atoms. The molecule has 1 spiro atoms. The van der Waals surface area contributed by atoms with Crippen molar-refractivity contribution in [2.45, 2.75) is 44.1 Å². The Bertz CT molecular complexity index is 704. The highest BCUT2D eigenvalue weighted by atomic mass is 19.1. The molecule has 2 fully saturated rings. The molecule has 0 amide bonds. The van der Waals surface area contributed by atoms with Crippen molar-refractivity contribution in [2.24, 2.45) is 5.92 Å². The van der Waals surface area contributed by atoms with E-state index in [0.717, 1.165) is 32.1 Å². The molecule has 1 saturated carbocycles. The highest BCUT2D eigenvalue weighted by Crippen LogP contribution is 2.44. The SMILES string of the molecule is O=C1CC(C(=O)O)C2(CCCCC2)O1.O=c1[nH]cc(F)c(=O)[nH]1. The van der Waals surface area contributed by atoms with Crippen LogP contribution in [0.15, 0.2) is 15.8 Å². The molecule has 1 atom stereocenters. The summed E-state index contributed by atoms with van der Waals surface area (Å²) in [4.78, 5) is 46.1. The largest absolute Gasteiger partial charge is 0.481 e. The van der Waals surface area contributed by atoms with E-state index in [-0.39, 0.29) is 12.4 Å². The molecule has 1 unspecified atom stereocenters. The number of carboxylic acid groups (broad SMARTS) is 1. The number of carboxylic acids is 1.